The molecule has 0 spiro atoms. The molecule has 0 atom stereocenters. The van der Waals surface area contributed by atoms with Crippen LogP contribution in [-0.2, 0) is 40.4 Å². The Bertz CT molecular complexity index is 946. The third-order valence-electron chi connectivity index (χ3n) is 6.79. The summed E-state index contributed by atoms with van der Waals surface area (Å²) in [7, 11) is 0. The van der Waals surface area contributed by atoms with Crippen LogP contribution in [0.5, 0.6) is 0 Å². The molecular weight excluding hydrogens is 476 g/mol. The Labute approximate surface area is 209 Å². The molecule has 2 aromatic rings. The van der Waals surface area contributed by atoms with Crippen molar-refractivity contribution in [1.82, 2.24) is 20.2 Å². The van der Waals surface area contributed by atoms with Crippen LogP contribution >= 0.6 is 11.6 Å². The fraction of sp³-hybridized carbons (Fsp3) is 0.667. The minimum Gasteiger partial charge on any atom is -0.322 e. The second kappa shape index (κ2) is 9.93. The van der Waals surface area contributed by atoms with Gasteiger partial charge < -0.3 is 28.4 Å². The van der Waals surface area contributed by atoms with Gasteiger partial charge in [-0.05, 0) is 25.0 Å². The highest BCUT2D eigenvalue weighted by atomic mass is 35.5. The first-order valence-corrected chi connectivity index (χ1v) is 12.4. The van der Waals surface area contributed by atoms with E-state index in [-0.39, 0.29) is 10.8 Å². The number of halogens is 1. The minimum atomic E-state index is -1.19. The van der Waals surface area contributed by atoms with E-state index in [0.717, 1.165) is 25.7 Å². The highest BCUT2D eigenvalue weighted by molar-refractivity contribution is 6.29. The fourth-order valence-electron chi connectivity index (χ4n) is 4.86. The van der Waals surface area contributed by atoms with E-state index < -0.39 is 11.9 Å². The van der Waals surface area contributed by atoms with Gasteiger partial charge in [0.05, 0.1) is 45.8 Å². The number of hydrogen-bond acceptors (Lipinski definition) is 10. The monoisotopic (exact) mass is 506 g/mol. The third-order valence-corrected chi connectivity index (χ3v) is 7.00. The Balaban J connectivity index is 0.000000145. The second-order valence-electron chi connectivity index (χ2n) is 9.68. The smallest absolute Gasteiger partial charge is 0.322 e. The molecule has 0 aromatic carbocycles. The topological polar surface area (TPSA) is 107 Å². The molecule has 0 radical (unpaired) electrons. The van der Waals surface area contributed by atoms with E-state index in [9.17, 15) is 0 Å². The van der Waals surface area contributed by atoms with Crippen molar-refractivity contribution in [1.29, 1.82) is 0 Å². The summed E-state index contributed by atoms with van der Waals surface area (Å²) >= 11 is 5.72. The average Bonchev–Trinajstić information content (AvgIpc) is 2.92. The molecule has 6 aliphatic heterocycles. The maximum atomic E-state index is 5.76. The number of fused-ring (bicyclic) bond motifs is 6. The lowest BCUT2D eigenvalue weighted by molar-refractivity contribution is -0.482. The average molecular weight is 507 g/mol. The van der Waals surface area contributed by atoms with Gasteiger partial charge in [0, 0.05) is 23.2 Å². The molecule has 8 heterocycles. The molecule has 8 rings (SSSR count). The van der Waals surface area contributed by atoms with Crippen molar-refractivity contribution in [3.8, 4) is 0 Å². The van der Waals surface area contributed by atoms with Gasteiger partial charge >= 0.3 is 11.9 Å². The van der Waals surface area contributed by atoms with Gasteiger partial charge in [0.15, 0.2) is 10.8 Å². The first kappa shape index (κ1) is 24.9. The van der Waals surface area contributed by atoms with E-state index >= 15 is 0 Å². The van der Waals surface area contributed by atoms with Crippen molar-refractivity contribution in [3.05, 3.63) is 47.3 Å². The molecule has 35 heavy (non-hydrogen) atoms. The standard InChI is InChI=1S/C12H15ClN2O3.C12H16N2O3/c1-2-5-11-6-16-12(17-7-11,18-8-11)9-3-4-10(13)15-14-9;1-2-3-11-7-15-12(16-8-11,17-9-11)10-6-13-4-5-14-10/h3-4H,2,5-8H2,1H3;4-6H,2-3,7-9H2,1H3. The van der Waals surface area contributed by atoms with Crippen molar-refractivity contribution in [2.24, 2.45) is 10.8 Å². The third kappa shape index (κ3) is 4.81. The van der Waals surface area contributed by atoms with Crippen molar-refractivity contribution >= 4 is 11.6 Å². The second-order valence-corrected chi connectivity index (χ2v) is 10.1. The normalized spacial score (nSPS) is 35.4. The van der Waals surface area contributed by atoms with Gasteiger partial charge in [0.25, 0.3) is 0 Å². The van der Waals surface area contributed by atoms with Crippen molar-refractivity contribution in [2.75, 3.05) is 39.6 Å². The van der Waals surface area contributed by atoms with Gasteiger partial charge in [-0.25, -0.2) is 4.98 Å². The quantitative estimate of drug-likeness (QED) is 0.577. The largest absolute Gasteiger partial charge is 0.331 e. The summed E-state index contributed by atoms with van der Waals surface area (Å²) in [5.41, 5.74) is 1.12. The summed E-state index contributed by atoms with van der Waals surface area (Å²) in [4.78, 5) is 8.22. The highest BCUT2D eigenvalue weighted by Gasteiger charge is 2.55. The van der Waals surface area contributed by atoms with E-state index in [1.54, 1.807) is 30.7 Å². The molecule has 10 nitrogen and oxygen atoms in total. The Morgan fingerprint density at radius 1 is 0.714 bits per heavy atom. The van der Waals surface area contributed by atoms with Crippen LogP contribution in [0.3, 0.4) is 0 Å². The fourth-order valence-corrected chi connectivity index (χ4v) is 4.96. The highest BCUT2D eigenvalue weighted by Crippen LogP contribution is 2.46. The van der Waals surface area contributed by atoms with Crippen molar-refractivity contribution < 1.29 is 28.4 Å². The first-order chi connectivity index (χ1) is 17.0. The zero-order chi connectivity index (χ0) is 24.4. The summed E-state index contributed by atoms with van der Waals surface area (Å²) in [6.45, 7) is 8.19. The number of hydrogen-bond donors (Lipinski definition) is 0. The van der Waals surface area contributed by atoms with Crippen LogP contribution < -0.4 is 0 Å². The molecule has 0 N–H and O–H groups in total. The minimum absolute atomic E-state index is 0.00362. The molecule has 0 amide bonds. The summed E-state index contributed by atoms with van der Waals surface area (Å²) in [5, 5.41) is 8.11. The van der Waals surface area contributed by atoms with Crippen LogP contribution in [0.4, 0.5) is 0 Å². The van der Waals surface area contributed by atoms with E-state index in [1.807, 2.05) is 0 Å². The van der Waals surface area contributed by atoms with Crippen LogP contribution in [0.15, 0.2) is 30.7 Å². The van der Waals surface area contributed by atoms with Gasteiger partial charge in [0.2, 0.25) is 0 Å². The number of ether oxygens (including phenoxy) is 6. The predicted molar refractivity (Wildman–Crippen MR) is 123 cm³/mol. The lowest BCUT2D eigenvalue weighted by Crippen LogP contribution is -2.58. The molecule has 190 valence electrons. The molecule has 0 aliphatic carbocycles. The van der Waals surface area contributed by atoms with Crippen molar-refractivity contribution in [3.63, 3.8) is 0 Å². The van der Waals surface area contributed by atoms with Crippen LogP contribution in [-0.4, -0.2) is 59.8 Å². The zero-order valence-corrected chi connectivity index (χ0v) is 20.8. The molecule has 4 bridgehead atoms. The number of nitrogens with zero attached hydrogens (tertiary/aromatic N) is 4. The summed E-state index contributed by atoms with van der Waals surface area (Å²) in [6, 6.07) is 3.37. The van der Waals surface area contributed by atoms with Gasteiger partial charge in [-0.2, -0.15) is 0 Å². The lowest BCUT2D eigenvalue weighted by atomic mass is 9.84. The number of rotatable bonds is 6. The van der Waals surface area contributed by atoms with Crippen LogP contribution in [0, 0.1) is 10.8 Å². The van der Waals surface area contributed by atoms with E-state index in [2.05, 4.69) is 34.0 Å². The maximum Gasteiger partial charge on any atom is 0.331 e. The number of aromatic nitrogens is 4. The zero-order valence-electron chi connectivity index (χ0n) is 20.1. The molecule has 11 heteroatoms. The molecule has 6 aliphatic rings. The van der Waals surface area contributed by atoms with Gasteiger partial charge in [-0.15, -0.1) is 10.2 Å². The summed E-state index contributed by atoms with van der Waals surface area (Å²) in [5.74, 6) is -2.31. The Morgan fingerprint density at radius 2 is 1.23 bits per heavy atom. The van der Waals surface area contributed by atoms with Gasteiger partial charge in [-0.1, -0.05) is 38.3 Å². The molecule has 6 saturated heterocycles. The van der Waals surface area contributed by atoms with E-state index in [1.165, 1.54) is 0 Å². The summed E-state index contributed by atoms with van der Waals surface area (Å²) in [6.07, 6.45) is 9.14. The van der Waals surface area contributed by atoms with Gasteiger partial charge in [-0.3, -0.25) is 4.98 Å². The maximum absolute atomic E-state index is 5.76. The van der Waals surface area contributed by atoms with E-state index in [4.69, 9.17) is 40.0 Å². The van der Waals surface area contributed by atoms with Gasteiger partial charge in [0.1, 0.15) is 5.69 Å². The predicted octanol–water partition coefficient (Wildman–Crippen LogP) is 3.55. The Morgan fingerprint density at radius 3 is 1.63 bits per heavy atom. The van der Waals surface area contributed by atoms with Crippen LogP contribution in [0.25, 0.3) is 0 Å². The van der Waals surface area contributed by atoms with Crippen LogP contribution in [0.1, 0.15) is 50.9 Å². The summed E-state index contributed by atoms with van der Waals surface area (Å²) < 4.78 is 34.5. The molecule has 6 fully saturated rings. The van der Waals surface area contributed by atoms with Crippen molar-refractivity contribution in [2.45, 2.75) is 51.5 Å². The van der Waals surface area contributed by atoms with Crippen LogP contribution in [0.2, 0.25) is 5.15 Å². The molecule has 2 aromatic heterocycles. The Kier molecular flexibility index (Phi) is 7.06. The molecule has 0 saturated carbocycles. The lowest BCUT2D eigenvalue weighted by Gasteiger charge is -2.51. The molecule has 0 unspecified atom stereocenters. The van der Waals surface area contributed by atoms with E-state index in [0.29, 0.717) is 56.2 Å². The first-order valence-electron chi connectivity index (χ1n) is 12.1. The SMILES string of the molecule is CCCC12COC(c3ccc(Cl)nn3)(OC1)OC2.CCCC12COC(c3cnccn3)(OC1)OC2. The Hall–Kier alpha value is -1.79. The molecular formula is C24H31ClN4O6.